The van der Waals surface area contributed by atoms with Gasteiger partial charge in [-0.25, -0.2) is 0 Å². The first-order valence-corrected chi connectivity index (χ1v) is 2.78. The molecule has 9 heavy (non-hydrogen) atoms. The number of ether oxygens (including phenoxy) is 1. The van der Waals surface area contributed by atoms with E-state index in [1.165, 1.54) is 0 Å². The SMILES string of the molecule is CCOC(=O)CNCO. The molecular formula is C5H11NO3. The second kappa shape index (κ2) is 5.53. The van der Waals surface area contributed by atoms with Crippen molar-refractivity contribution < 1.29 is 14.6 Å². The number of hydrogen-bond donors (Lipinski definition) is 2. The molecule has 0 aromatic heterocycles. The van der Waals surface area contributed by atoms with E-state index in [0.717, 1.165) is 0 Å². The van der Waals surface area contributed by atoms with E-state index in [2.05, 4.69) is 10.1 Å². The number of carbonyl (C=O) groups excluding carboxylic acids is 1. The van der Waals surface area contributed by atoms with Crippen LogP contribution in [0.5, 0.6) is 0 Å². The van der Waals surface area contributed by atoms with E-state index >= 15 is 0 Å². The van der Waals surface area contributed by atoms with E-state index in [1.54, 1.807) is 6.92 Å². The Morgan fingerprint density at radius 1 is 1.78 bits per heavy atom. The predicted molar refractivity (Wildman–Crippen MR) is 31.7 cm³/mol. The maximum absolute atomic E-state index is 10.4. The quantitative estimate of drug-likeness (QED) is 0.385. The smallest absolute Gasteiger partial charge is 0.319 e. The average Bonchev–Trinajstić information content (AvgIpc) is 1.85. The molecule has 0 saturated heterocycles. The third kappa shape index (κ3) is 5.26. The lowest BCUT2D eigenvalue weighted by atomic mass is 10.6. The molecule has 4 heteroatoms. The Hall–Kier alpha value is -0.610. The van der Waals surface area contributed by atoms with Gasteiger partial charge in [0, 0.05) is 0 Å². The number of carbonyl (C=O) groups is 1. The van der Waals surface area contributed by atoms with Crippen molar-refractivity contribution in [3.05, 3.63) is 0 Å². The summed E-state index contributed by atoms with van der Waals surface area (Å²) in [6.07, 6.45) is 0. The van der Waals surface area contributed by atoms with Gasteiger partial charge in [0.1, 0.15) is 0 Å². The Balaban J connectivity index is 3.06. The number of esters is 1. The molecule has 0 fully saturated rings. The van der Waals surface area contributed by atoms with Crippen LogP contribution in [0.3, 0.4) is 0 Å². The molecule has 2 N–H and O–H groups in total. The van der Waals surface area contributed by atoms with Crippen molar-refractivity contribution in [1.82, 2.24) is 5.32 Å². The van der Waals surface area contributed by atoms with Gasteiger partial charge in [0.25, 0.3) is 0 Å². The number of rotatable bonds is 4. The van der Waals surface area contributed by atoms with E-state index in [-0.39, 0.29) is 19.2 Å². The average molecular weight is 133 g/mol. The molecule has 0 aromatic rings. The maximum Gasteiger partial charge on any atom is 0.319 e. The lowest BCUT2D eigenvalue weighted by Gasteiger charge is -1.99. The van der Waals surface area contributed by atoms with Gasteiger partial charge in [0.15, 0.2) is 0 Å². The normalized spacial score (nSPS) is 9.11. The molecular weight excluding hydrogens is 122 g/mol. The van der Waals surface area contributed by atoms with E-state index in [1.807, 2.05) is 0 Å². The zero-order chi connectivity index (χ0) is 7.11. The molecule has 0 aliphatic rings. The maximum atomic E-state index is 10.4. The summed E-state index contributed by atoms with van der Waals surface area (Å²) in [5, 5.41) is 10.6. The fraction of sp³-hybridized carbons (Fsp3) is 0.800. The summed E-state index contributed by atoms with van der Waals surface area (Å²) >= 11 is 0. The monoisotopic (exact) mass is 133 g/mol. The molecule has 0 atom stereocenters. The molecule has 0 aromatic carbocycles. The fourth-order valence-electron chi connectivity index (χ4n) is 0.370. The lowest BCUT2D eigenvalue weighted by Crippen LogP contribution is -2.25. The van der Waals surface area contributed by atoms with Crippen molar-refractivity contribution in [3.63, 3.8) is 0 Å². The molecule has 54 valence electrons. The van der Waals surface area contributed by atoms with Crippen LogP contribution < -0.4 is 5.32 Å². The third-order valence-electron chi connectivity index (χ3n) is 0.686. The van der Waals surface area contributed by atoms with Crippen LogP contribution in [0.2, 0.25) is 0 Å². The van der Waals surface area contributed by atoms with Gasteiger partial charge in [-0.15, -0.1) is 0 Å². The van der Waals surface area contributed by atoms with Gasteiger partial charge in [-0.1, -0.05) is 0 Å². The summed E-state index contributed by atoms with van der Waals surface area (Å²) in [5.41, 5.74) is 0. The van der Waals surface area contributed by atoms with Crippen molar-refractivity contribution in [2.45, 2.75) is 6.92 Å². The predicted octanol–water partition coefficient (Wildman–Crippen LogP) is -0.911. The van der Waals surface area contributed by atoms with Crippen LogP contribution in [0, 0.1) is 0 Å². The highest BCUT2D eigenvalue weighted by atomic mass is 16.5. The van der Waals surface area contributed by atoms with Crippen molar-refractivity contribution in [2.24, 2.45) is 0 Å². The second-order valence-electron chi connectivity index (χ2n) is 1.39. The third-order valence-corrected chi connectivity index (χ3v) is 0.686. The summed E-state index contributed by atoms with van der Waals surface area (Å²) in [6.45, 7) is 1.99. The van der Waals surface area contributed by atoms with Crippen molar-refractivity contribution in [3.8, 4) is 0 Å². The van der Waals surface area contributed by atoms with Crippen molar-refractivity contribution in [2.75, 3.05) is 19.9 Å². The van der Waals surface area contributed by atoms with Crippen LogP contribution in [-0.4, -0.2) is 31.0 Å². The topological polar surface area (TPSA) is 58.6 Å². The number of nitrogens with one attached hydrogen (secondary N) is 1. The molecule has 0 heterocycles. The van der Waals surface area contributed by atoms with Crippen LogP contribution in [0.25, 0.3) is 0 Å². The summed E-state index contributed by atoms with van der Waals surface area (Å²) in [6, 6.07) is 0. The molecule has 0 aliphatic carbocycles. The zero-order valence-electron chi connectivity index (χ0n) is 5.39. The molecule has 0 aliphatic heterocycles. The van der Waals surface area contributed by atoms with E-state index in [4.69, 9.17) is 5.11 Å². The van der Waals surface area contributed by atoms with Crippen LogP contribution in [0.1, 0.15) is 6.92 Å². The highest BCUT2D eigenvalue weighted by Gasteiger charge is 1.96. The van der Waals surface area contributed by atoms with E-state index in [0.29, 0.717) is 6.61 Å². The molecule has 0 unspecified atom stereocenters. The molecule has 0 radical (unpaired) electrons. The minimum atomic E-state index is -0.341. The minimum absolute atomic E-state index is 0.0737. The van der Waals surface area contributed by atoms with Crippen LogP contribution in [0.4, 0.5) is 0 Å². The Bertz CT molecular complexity index is 84.3. The highest BCUT2D eigenvalue weighted by Crippen LogP contribution is 1.72. The fourth-order valence-corrected chi connectivity index (χ4v) is 0.370. The van der Waals surface area contributed by atoms with Gasteiger partial charge >= 0.3 is 5.97 Å². The largest absolute Gasteiger partial charge is 0.465 e. The van der Waals surface area contributed by atoms with Gasteiger partial charge in [0.2, 0.25) is 0 Å². The molecule has 0 amide bonds. The van der Waals surface area contributed by atoms with Gasteiger partial charge in [-0.05, 0) is 6.92 Å². The van der Waals surface area contributed by atoms with Crippen molar-refractivity contribution in [1.29, 1.82) is 0 Å². The lowest BCUT2D eigenvalue weighted by molar-refractivity contribution is -0.142. The molecule has 0 spiro atoms. The van der Waals surface area contributed by atoms with Crippen LogP contribution >= 0.6 is 0 Å². The summed E-state index contributed by atoms with van der Waals surface area (Å²) in [4.78, 5) is 10.4. The first-order chi connectivity index (χ1) is 4.31. The molecule has 0 bridgehead atoms. The first kappa shape index (κ1) is 8.39. The highest BCUT2D eigenvalue weighted by molar-refractivity contribution is 5.71. The van der Waals surface area contributed by atoms with Crippen molar-refractivity contribution >= 4 is 5.97 Å². The molecule has 4 nitrogen and oxygen atoms in total. The van der Waals surface area contributed by atoms with Gasteiger partial charge < -0.3 is 9.84 Å². The first-order valence-electron chi connectivity index (χ1n) is 2.78. The van der Waals surface area contributed by atoms with E-state index in [9.17, 15) is 4.79 Å². The summed E-state index contributed by atoms with van der Waals surface area (Å²) in [7, 11) is 0. The van der Waals surface area contributed by atoms with Gasteiger partial charge in [0.05, 0.1) is 19.9 Å². The van der Waals surface area contributed by atoms with E-state index < -0.39 is 0 Å². The molecule has 0 rings (SSSR count). The Morgan fingerprint density at radius 3 is 2.89 bits per heavy atom. The Labute approximate surface area is 53.8 Å². The second-order valence-corrected chi connectivity index (χ2v) is 1.39. The zero-order valence-corrected chi connectivity index (χ0v) is 5.39. The molecule has 0 saturated carbocycles. The van der Waals surface area contributed by atoms with Gasteiger partial charge in [-0.2, -0.15) is 0 Å². The summed E-state index contributed by atoms with van der Waals surface area (Å²) in [5.74, 6) is -0.341. The van der Waals surface area contributed by atoms with Gasteiger partial charge in [-0.3, -0.25) is 10.1 Å². The standard InChI is InChI=1S/C5H11NO3/c1-2-9-5(8)3-6-4-7/h6-7H,2-4H2,1H3. The Morgan fingerprint density at radius 2 is 2.44 bits per heavy atom. The number of aliphatic hydroxyl groups excluding tert-OH is 1. The van der Waals surface area contributed by atoms with Crippen LogP contribution in [-0.2, 0) is 9.53 Å². The minimum Gasteiger partial charge on any atom is -0.465 e. The Kier molecular flexibility index (Phi) is 5.15. The number of aliphatic hydroxyl groups is 1. The number of hydrogen-bond acceptors (Lipinski definition) is 4. The summed E-state index contributed by atoms with van der Waals surface area (Å²) < 4.78 is 4.53. The van der Waals surface area contributed by atoms with Crippen LogP contribution in [0.15, 0.2) is 0 Å².